The van der Waals surface area contributed by atoms with Crippen LogP contribution in [-0.2, 0) is 28.4 Å². The third-order valence-corrected chi connectivity index (χ3v) is 7.64. The van der Waals surface area contributed by atoms with Crippen molar-refractivity contribution in [1.82, 2.24) is 23.9 Å². The molecule has 1 aromatic carbocycles. The van der Waals surface area contributed by atoms with Crippen LogP contribution in [0, 0.1) is 5.92 Å². The maximum Gasteiger partial charge on any atom is 0.246 e. The molecule has 1 amide bonds. The second-order valence-electron chi connectivity index (χ2n) is 7.69. The van der Waals surface area contributed by atoms with Crippen molar-refractivity contribution in [1.29, 1.82) is 0 Å². The van der Waals surface area contributed by atoms with E-state index in [1.165, 1.54) is 21.4 Å². The van der Waals surface area contributed by atoms with E-state index in [0.717, 1.165) is 5.56 Å². The van der Waals surface area contributed by atoms with Crippen molar-refractivity contribution in [2.24, 2.45) is 13.0 Å². The van der Waals surface area contributed by atoms with E-state index in [4.69, 9.17) is 23.2 Å². The zero-order valence-electron chi connectivity index (χ0n) is 17.3. The third-order valence-electron chi connectivity index (χ3n) is 5.29. The van der Waals surface area contributed by atoms with Crippen LogP contribution < -0.4 is 5.32 Å². The average molecular weight is 497 g/mol. The van der Waals surface area contributed by atoms with Crippen molar-refractivity contribution < 1.29 is 13.2 Å². The van der Waals surface area contributed by atoms with Crippen LogP contribution in [0.5, 0.6) is 0 Å². The number of carbonyl (C=O) groups is 1. The maximum atomic E-state index is 12.9. The number of rotatable bonds is 6. The van der Waals surface area contributed by atoms with Crippen molar-refractivity contribution >= 4 is 45.0 Å². The van der Waals surface area contributed by atoms with Crippen LogP contribution in [0.15, 0.2) is 47.8 Å². The number of nitrogens with one attached hydrogen (secondary N) is 1. The number of halogens is 2. The molecule has 0 radical (unpaired) electrons. The number of hydrogen-bond acceptors (Lipinski definition) is 5. The molecule has 32 heavy (non-hydrogen) atoms. The summed E-state index contributed by atoms with van der Waals surface area (Å²) in [5.74, 6) is -0.569. The Morgan fingerprint density at radius 1 is 1.22 bits per heavy atom. The summed E-state index contributed by atoms with van der Waals surface area (Å²) in [6.07, 6.45) is 5.55. The molecule has 12 heteroatoms. The molecule has 1 fully saturated rings. The minimum atomic E-state index is -3.71. The molecule has 4 rings (SSSR count). The van der Waals surface area contributed by atoms with Crippen molar-refractivity contribution in [2.45, 2.75) is 24.3 Å². The molecule has 9 nitrogen and oxygen atoms in total. The molecular formula is C20H22Cl2N6O3S. The monoisotopic (exact) mass is 496 g/mol. The summed E-state index contributed by atoms with van der Waals surface area (Å²) in [6, 6.07) is 7.35. The second kappa shape index (κ2) is 9.22. The van der Waals surface area contributed by atoms with E-state index in [-0.39, 0.29) is 23.2 Å². The van der Waals surface area contributed by atoms with Gasteiger partial charge in [-0.15, -0.1) is 0 Å². The minimum Gasteiger partial charge on any atom is -0.308 e. The predicted octanol–water partition coefficient (Wildman–Crippen LogP) is 3.01. The van der Waals surface area contributed by atoms with Crippen molar-refractivity contribution in [3.63, 3.8) is 0 Å². The van der Waals surface area contributed by atoms with Crippen LogP contribution in [0.25, 0.3) is 0 Å². The first kappa shape index (κ1) is 22.8. The van der Waals surface area contributed by atoms with Crippen LogP contribution in [0.1, 0.15) is 18.4 Å². The van der Waals surface area contributed by atoms with E-state index in [2.05, 4.69) is 15.5 Å². The SMILES string of the molecule is Cn1cc(S(=O)(=O)N2CCC[C@@H](C(=O)Nc3nn(Cc4ccc(Cl)cc4)cc3Cl)C2)cn1. The first-order valence-corrected chi connectivity index (χ1v) is 12.2. The third kappa shape index (κ3) is 4.98. The van der Waals surface area contributed by atoms with Gasteiger partial charge in [0.2, 0.25) is 15.9 Å². The number of hydrogen-bond donors (Lipinski definition) is 1. The summed E-state index contributed by atoms with van der Waals surface area (Å²) in [5.41, 5.74) is 0.981. The maximum absolute atomic E-state index is 12.9. The number of piperidine rings is 1. The Hall–Kier alpha value is -2.40. The zero-order chi connectivity index (χ0) is 22.9. The Balaban J connectivity index is 1.42. The lowest BCUT2D eigenvalue weighted by atomic mass is 9.99. The molecule has 170 valence electrons. The summed E-state index contributed by atoms with van der Waals surface area (Å²) in [4.78, 5) is 13.0. The number of aryl methyl sites for hydroxylation is 1. The molecular weight excluding hydrogens is 475 g/mol. The lowest BCUT2D eigenvalue weighted by Gasteiger charge is -2.30. The van der Waals surface area contributed by atoms with Gasteiger partial charge in [0.25, 0.3) is 0 Å². The van der Waals surface area contributed by atoms with Crippen molar-refractivity contribution in [3.8, 4) is 0 Å². The number of amides is 1. The second-order valence-corrected chi connectivity index (χ2v) is 10.5. The summed E-state index contributed by atoms with van der Waals surface area (Å²) < 4.78 is 30.1. The van der Waals surface area contributed by atoms with Crippen LogP contribution in [-0.4, -0.2) is 51.3 Å². The standard InChI is InChI=1S/C20H22Cl2N6O3S/c1-26-12-17(9-23-26)32(30,31)28-8-2-3-15(11-28)20(29)24-19-18(22)13-27(25-19)10-14-4-6-16(21)7-5-14/h4-7,9,12-13,15H,2-3,8,10-11H2,1H3,(H,24,25,29)/t15-/m1/s1. The van der Waals surface area contributed by atoms with Gasteiger partial charge in [-0.1, -0.05) is 35.3 Å². The highest BCUT2D eigenvalue weighted by molar-refractivity contribution is 7.89. The number of benzene rings is 1. The molecule has 3 heterocycles. The molecule has 0 aliphatic carbocycles. The molecule has 1 saturated heterocycles. The highest BCUT2D eigenvalue weighted by atomic mass is 35.5. The van der Waals surface area contributed by atoms with E-state index < -0.39 is 15.9 Å². The van der Waals surface area contributed by atoms with Gasteiger partial charge < -0.3 is 5.32 Å². The topological polar surface area (TPSA) is 102 Å². The Morgan fingerprint density at radius 2 is 1.97 bits per heavy atom. The van der Waals surface area contributed by atoms with Gasteiger partial charge in [0, 0.05) is 37.6 Å². The largest absolute Gasteiger partial charge is 0.308 e. The molecule has 0 saturated carbocycles. The Labute approximate surface area is 196 Å². The van der Waals surface area contributed by atoms with Crippen molar-refractivity contribution in [3.05, 3.63) is 58.5 Å². The molecule has 0 bridgehead atoms. The fourth-order valence-electron chi connectivity index (χ4n) is 3.61. The quantitative estimate of drug-likeness (QED) is 0.564. The van der Waals surface area contributed by atoms with Gasteiger partial charge in [-0.2, -0.15) is 14.5 Å². The summed E-state index contributed by atoms with van der Waals surface area (Å²) in [7, 11) is -2.05. The van der Waals surface area contributed by atoms with E-state index in [0.29, 0.717) is 36.0 Å². The van der Waals surface area contributed by atoms with E-state index in [9.17, 15) is 13.2 Å². The van der Waals surface area contributed by atoms with Crippen LogP contribution in [0.3, 0.4) is 0 Å². The Morgan fingerprint density at radius 3 is 2.66 bits per heavy atom. The van der Waals surface area contributed by atoms with E-state index >= 15 is 0 Å². The summed E-state index contributed by atoms with van der Waals surface area (Å²) in [5, 5.41) is 12.0. The van der Waals surface area contributed by atoms with Crippen molar-refractivity contribution in [2.75, 3.05) is 18.4 Å². The molecule has 1 aliphatic heterocycles. The number of sulfonamides is 1. The van der Waals surface area contributed by atoms with Gasteiger partial charge >= 0.3 is 0 Å². The molecule has 1 aliphatic rings. The summed E-state index contributed by atoms with van der Waals surface area (Å²) >= 11 is 12.2. The predicted molar refractivity (Wildman–Crippen MR) is 121 cm³/mol. The average Bonchev–Trinajstić information content (AvgIpc) is 3.35. The molecule has 0 unspecified atom stereocenters. The van der Waals surface area contributed by atoms with E-state index in [1.54, 1.807) is 30.1 Å². The van der Waals surface area contributed by atoms with Gasteiger partial charge in [0.15, 0.2) is 5.82 Å². The number of nitrogens with zero attached hydrogens (tertiary/aromatic N) is 5. The molecule has 1 N–H and O–H groups in total. The highest BCUT2D eigenvalue weighted by Crippen LogP contribution is 2.26. The van der Waals surface area contributed by atoms with E-state index in [1.807, 2.05) is 12.1 Å². The van der Waals surface area contributed by atoms with Gasteiger partial charge in [-0.05, 0) is 30.5 Å². The van der Waals surface area contributed by atoms with Crippen LogP contribution in [0.4, 0.5) is 5.82 Å². The zero-order valence-corrected chi connectivity index (χ0v) is 19.6. The Kier molecular flexibility index (Phi) is 6.57. The molecule has 3 aromatic rings. The lowest BCUT2D eigenvalue weighted by molar-refractivity contribution is -0.120. The molecule has 2 aromatic heterocycles. The summed E-state index contributed by atoms with van der Waals surface area (Å²) in [6.45, 7) is 0.914. The molecule has 1 atom stereocenters. The fourth-order valence-corrected chi connectivity index (χ4v) is 5.45. The Bertz CT molecular complexity index is 1220. The first-order chi connectivity index (χ1) is 15.2. The number of aromatic nitrogens is 4. The fraction of sp³-hybridized carbons (Fsp3) is 0.350. The highest BCUT2D eigenvalue weighted by Gasteiger charge is 2.34. The van der Waals surface area contributed by atoms with Crippen LogP contribution >= 0.6 is 23.2 Å². The number of carbonyl (C=O) groups excluding carboxylic acids is 1. The van der Waals surface area contributed by atoms with Gasteiger partial charge in [-0.25, -0.2) is 8.42 Å². The van der Waals surface area contributed by atoms with Gasteiger partial charge in [-0.3, -0.25) is 14.2 Å². The smallest absolute Gasteiger partial charge is 0.246 e. The first-order valence-electron chi connectivity index (χ1n) is 9.99. The van der Waals surface area contributed by atoms with Crippen LogP contribution in [0.2, 0.25) is 10.0 Å². The lowest BCUT2D eigenvalue weighted by Crippen LogP contribution is -2.43. The minimum absolute atomic E-state index is 0.0894. The number of anilines is 1. The van der Waals surface area contributed by atoms with Gasteiger partial charge in [0.1, 0.15) is 9.92 Å². The normalized spacial score (nSPS) is 17.4. The van der Waals surface area contributed by atoms with Gasteiger partial charge in [0.05, 0.1) is 18.7 Å². The molecule has 0 spiro atoms.